The summed E-state index contributed by atoms with van der Waals surface area (Å²) in [6, 6.07) is 3.12. The van der Waals surface area contributed by atoms with Crippen LogP contribution >= 0.6 is 11.3 Å². The Morgan fingerprint density at radius 1 is 1.45 bits per heavy atom. The number of carboxylic acid groups (broad SMARTS) is 1. The number of hydrogen-bond acceptors (Lipinski definition) is 4. The highest BCUT2D eigenvalue weighted by molar-refractivity contribution is 7.91. The molecule has 0 fully saturated rings. The molecule has 20 heavy (non-hydrogen) atoms. The Hall–Kier alpha value is -1.51. The van der Waals surface area contributed by atoms with Crippen molar-refractivity contribution in [1.29, 1.82) is 0 Å². The molecular formula is C12H12FNO4S2. The number of aryl methyl sites for hydroxylation is 1. The Morgan fingerprint density at radius 3 is 2.65 bits per heavy atom. The Kier molecular flexibility index (Phi) is 3.81. The fourth-order valence-electron chi connectivity index (χ4n) is 1.82. The van der Waals surface area contributed by atoms with E-state index in [1.54, 1.807) is 6.07 Å². The number of sulfonamides is 1. The first-order valence-electron chi connectivity index (χ1n) is 5.67. The summed E-state index contributed by atoms with van der Waals surface area (Å²) in [7, 11) is -3.99. The summed E-state index contributed by atoms with van der Waals surface area (Å²) < 4.78 is 40.6. The van der Waals surface area contributed by atoms with Gasteiger partial charge in [-0.05, 0) is 31.5 Å². The second kappa shape index (κ2) is 5.12. The number of rotatable bonds is 4. The topological polar surface area (TPSA) is 83.5 Å². The van der Waals surface area contributed by atoms with E-state index in [4.69, 9.17) is 5.11 Å². The number of thiophene rings is 1. The maximum atomic E-state index is 13.7. The summed E-state index contributed by atoms with van der Waals surface area (Å²) in [6.07, 6.45) is 0. The van der Waals surface area contributed by atoms with Gasteiger partial charge < -0.3 is 5.11 Å². The van der Waals surface area contributed by atoms with E-state index < -0.39 is 27.9 Å². The number of aliphatic carboxylic acids is 1. The summed E-state index contributed by atoms with van der Waals surface area (Å²) in [5, 5.41) is 9.01. The van der Waals surface area contributed by atoms with Crippen molar-refractivity contribution in [3.05, 3.63) is 29.6 Å². The fraction of sp³-hybridized carbons (Fsp3) is 0.250. The van der Waals surface area contributed by atoms with Gasteiger partial charge in [-0.3, -0.25) is 4.79 Å². The molecule has 0 aliphatic rings. The molecule has 0 saturated carbocycles. The van der Waals surface area contributed by atoms with E-state index in [0.717, 1.165) is 11.3 Å². The van der Waals surface area contributed by atoms with Crippen molar-refractivity contribution in [3.8, 4) is 0 Å². The molecule has 1 atom stereocenters. The molecule has 5 nitrogen and oxygen atoms in total. The monoisotopic (exact) mass is 317 g/mol. The Balaban J connectivity index is 2.56. The summed E-state index contributed by atoms with van der Waals surface area (Å²) in [4.78, 5) is 10.7. The second-order valence-corrected chi connectivity index (χ2v) is 7.27. The van der Waals surface area contributed by atoms with Crippen molar-refractivity contribution in [1.82, 2.24) is 4.72 Å². The molecule has 8 heteroatoms. The van der Waals surface area contributed by atoms with Gasteiger partial charge in [-0.25, -0.2) is 12.8 Å². The predicted molar refractivity (Wildman–Crippen MR) is 73.9 cm³/mol. The van der Waals surface area contributed by atoms with Crippen molar-refractivity contribution in [2.75, 3.05) is 0 Å². The number of benzene rings is 1. The first kappa shape index (κ1) is 14.9. The van der Waals surface area contributed by atoms with E-state index in [0.29, 0.717) is 4.70 Å². The van der Waals surface area contributed by atoms with Crippen molar-refractivity contribution < 1.29 is 22.7 Å². The van der Waals surface area contributed by atoms with E-state index in [2.05, 4.69) is 4.72 Å². The van der Waals surface area contributed by atoms with Crippen LogP contribution < -0.4 is 4.72 Å². The Labute approximate surface area is 119 Å². The van der Waals surface area contributed by atoms with Gasteiger partial charge in [-0.15, -0.1) is 11.3 Å². The molecule has 2 rings (SSSR count). The van der Waals surface area contributed by atoms with Crippen LogP contribution in [-0.4, -0.2) is 25.5 Å². The quantitative estimate of drug-likeness (QED) is 0.904. The van der Waals surface area contributed by atoms with Crippen LogP contribution in [0.1, 0.15) is 12.5 Å². The van der Waals surface area contributed by atoms with Gasteiger partial charge in [0.1, 0.15) is 16.1 Å². The molecule has 0 aliphatic heterocycles. The Morgan fingerprint density at radius 2 is 2.10 bits per heavy atom. The summed E-state index contributed by atoms with van der Waals surface area (Å²) in [5.74, 6) is -1.78. The third-order valence-corrected chi connectivity index (χ3v) is 6.22. The first-order chi connectivity index (χ1) is 9.24. The molecule has 2 N–H and O–H groups in total. The van der Waals surface area contributed by atoms with Gasteiger partial charge in [0.25, 0.3) is 10.0 Å². The highest BCUT2D eigenvalue weighted by Crippen LogP contribution is 2.35. The van der Waals surface area contributed by atoms with Crippen molar-refractivity contribution in [2.45, 2.75) is 24.1 Å². The minimum absolute atomic E-state index is 0.0642. The molecule has 0 aliphatic carbocycles. The van der Waals surface area contributed by atoms with Gasteiger partial charge in [0.2, 0.25) is 0 Å². The molecule has 1 heterocycles. The zero-order valence-electron chi connectivity index (χ0n) is 10.7. The third-order valence-electron chi connectivity index (χ3n) is 2.81. The average Bonchev–Trinajstić information content (AvgIpc) is 2.68. The van der Waals surface area contributed by atoms with E-state index in [-0.39, 0.29) is 15.2 Å². The van der Waals surface area contributed by atoms with E-state index in [1.807, 2.05) is 0 Å². The Bertz CT molecular complexity index is 782. The predicted octanol–water partition coefficient (Wildman–Crippen LogP) is 2.10. The summed E-state index contributed by atoms with van der Waals surface area (Å²) in [6.45, 7) is 2.73. The molecule has 0 saturated heterocycles. The van der Waals surface area contributed by atoms with Crippen molar-refractivity contribution in [3.63, 3.8) is 0 Å². The fourth-order valence-corrected chi connectivity index (χ4v) is 4.81. The summed E-state index contributed by atoms with van der Waals surface area (Å²) >= 11 is 0.915. The molecule has 2 aromatic rings. The number of halogens is 1. The largest absolute Gasteiger partial charge is 0.480 e. The summed E-state index contributed by atoms with van der Waals surface area (Å²) in [5.41, 5.74) is 0.285. The first-order valence-corrected chi connectivity index (χ1v) is 7.96. The normalized spacial score (nSPS) is 13.6. The highest BCUT2D eigenvalue weighted by atomic mass is 32.2. The lowest BCUT2D eigenvalue weighted by Crippen LogP contribution is -2.38. The van der Waals surface area contributed by atoms with Gasteiger partial charge in [0, 0.05) is 10.1 Å². The number of carboxylic acids is 1. The van der Waals surface area contributed by atoms with Crippen LogP contribution in [0.15, 0.2) is 22.4 Å². The minimum atomic E-state index is -3.99. The van der Waals surface area contributed by atoms with Crippen LogP contribution in [0, 0.1) is 12.7 Å². The number of fused-ring (bicyclic) bond motifs is 1. The van der Waals surface area contributed by atoms with Gasteiger partial charge >= 0.3 is 5.97 Å². The molecule has 0 spiro atoms. The van der Waals surface area contributed by atoms with E-state index in [9.17, 15) is 17.6 Å². The van der Waals surface area contributed by atoms with Crippen molar-refractivity contribution >= 4 is 37.4 Å². The van der Waals surface area contributed by atoms with Crippen LogP contribution in [0.4, 0.5) is 4.39 Å². The molecule has 0 radical (unpaired) electrons. The third kappa shape index (κ3) is 2.54. The molecule has 108 valence electrons. The molecule has 0 bridgehead atoms. The van der Waals surface area contributed by atoms with Crippen LogP contribution in [0.2, 0.25) is 0 Å². The molecule has 0 unspecified atom stereocenters. The van der Waals surface area contributed by atoms with Gasteiger partial charge in [0.05, 0.1) is 0 Å². The zero-order chi connectivity index (χ0) is 15.1. The number of nitrogens with one attached hydrogen (secondary N) is 1. The molecular weight excluding hydrogens is 305 g/mol. The second-order valence-electron chi connectivity index (χ2n) is 4.31. The lowest BCUT2D eigenvalue weighted by Gasteiger charge is -2.09. The van der Waals surface area contributed by atoms with Crippen LogP contribution in [0.5, 0.6) is 0 Å². The highest BCUT2D eigenvalue weighted by Gasteiger charge is 2.26. The van der Waals surface area contributed by atoms with Crippen molar-refractivity contribution in [2.24, 2.45) is 0 Å². The number of carbonyl (C=O) groups is 1. The lowest BCUT2D eigenvalue weighted by molar-refractivity contribution is -0.138. The number of hydrogen-bond donors (Lipinski definition) is 2. The van der Waals surface area contributed by atoms with Gasteiger partial charge in [0.15, 0.2) is 0 Å². The minimum Gasteiger partial charge on any atom is -0.480 e. The van der Waals surface area contributed by atoms with E-state index in [1.165, 1.54) is 26.0 Å². The van der Waals surface area contributed by atoms with E-state index >= 15 is 0 Å². The maximum Gasteiger partial charge on any atom is 0.321 e. The van der Waals surface area contributed by atoms with Crippen LogP contribution in [0.25, 0.3) is 10.1 Å². The van der Waals surface area contributed by atoms with Gasteiger partial charge in [-0.1, -0.05) is 6.07 Å². The van der Waals surface area contributed by atoms with Crippen LogP contribution in [-0.2, 0) is 14.8 Å². The smallest absolute Gasteiger partial charge is 0.321 e. The van der Waals surface area contributed by atoms with Gasteiger partial charge in [-0.2, -0.15) is 4.72 Å². The zero-order valence-corrected chi connectivity index (χ0v) is 12.3. The molecule has 0 amide bonds. The lowest BCUT2D eigenvalue weighted by atomic mass is 10.2. The maximum absolute atomic E-state index is 13.7. The standard InChI is InChI=1S/C12H12FNO4S2/c1-6-10-8(13)4-3-5-9(10)19-12(6)20(17,18)14-7(2)11(15)16/h3-5,7,14H,1-2H3,(H,15,16)/t7-/m0/s1. The average molecular weight is 317 g/mol. The molecule has 1 aromatic carbocycles. The van der Waals surface area contributed by atoms with Crippen LogP contribution in [0.3, 0.4) is 0 Å². The molecule has 1 aromatic heterocycles. The SMILES string of the molecule is Cc1c(S(=O)(=O)N[C@@H](C)C(=O)O)sc2cccc(F)c12.